The van der Waals surface area contributed by atoms with Crippen molar-refractivity contribution in [3.05, 3.63) is 65.7 Å². The lowest BCUT2D eigenvalue weighted by atomic mass is 9.86. The molecule has 152 valence electrons. The maximum Gasteiger partial charge on any atom is 0.318 e. The molecule has 1 N–H and O–H groups in total. The Kier molecular flexibility index (Phi) is 5.96. The summed E-state index contributed by atoms with van der Waals surface area (Å²) in [7, 11) is 1.69. The van der Waals surface area contributed by atoms with Crippen LogP contribution in [0.1, 0.15) is 50.8 Å². The van der Waals surface area contributed by atoms with E-state index in [1.165, 1.54) is 10.5 Å². The van der Waals surface area contributed by atoms with Crippen LogP contribution in [0.3, 0.4) is 0 Å². The summed E-state index contributed by atoms with van der Waals surface area (Å²) in [4.78, 5) is 22.6. The van der Waals surface area contributed by atoms with Crippen molar-refractivity contribution in [2.24, 2.45) is 0 Å². The standard InChI is InChI=1S/C22H27N5O2/c1-15(16-9-11-17(12-10-16)22(2,3)4)24-21(28)27(5)14-19-25-20(26-29-19)18-8-6-7-13-23-18/h6-13,15H,14H2,1-5H3,(H,24,28)/t15-/m1/s1. The van der Waals surface area contributed by atoms with Crippen molar-refractivity contribution >= 4 is 6.03 Å². The van der Waals surface area contributed by atoms with Gasteiger partial charge in [0.15, 0.2) is 0 Å². The lowest BCUT2D eigenvalue weighted by molar-refractivity contribution is 0.196. The van der Waals surface area contributed by atoms with Crippen LogP contribution in [0.2, 0.25) is 0 Å². The third-order valence-corrected chi connectivity index (χ3v) is 4.70. The zero-order valence-electron chi connectivity index (χ0n) is 17.5. The molecule has 3 rings (SSSR count). The molecule has 7 nitrogen and oxygen atoms in total. The number of pyridine rings is 1. The van der Waals surface area contributed by atoms with Crippen molar-refractivity contribution in [2.45, 2.75) is 45.7 Å². The van der Waals surface area contributed by atoms with Crippen LogP contribution in [0.4, 0.5) is 4.79 Å². The Bertz CT molecular complexity index is 945. The first-order valence-corrected chi connectivity index (χ1v) is 9.60. The molecule has 0 radical (unpaired) electrons. The third kappa shape index (κ3) is 5.19. The maximum absolute atomic E-state index is 12.5. The molecular formula is C22H27N5O2. The molecule has 0 aliphatic heterocycles. The number of nitrogens with one attached hydrogen (secondary N) is 1. The van der Waals surface area contributed by atoms with E-state index in [1.807, 2.05) is 19.1 Å². The lowest BCUT2D eigenvalue weighted by Crippen LogP contribution is -2.38. The van der Waals surface area contributed by atoms with Crippen molar-refractivity contribution in [3.63, 3.8) is 0 Å². The van der Waals surface area contributed by atoms with E-state index in [0.717, 1.165) is 5.56 Å². The van der Waals surface area contributed by atoms with Gasteiger partial charge in [-0.15, -0.1) is 0 Å². The molecule has 29 heavy (non-hydrogen) atoms. The van der Waals surface area contributed by atoms with Crippen LogP contribution in [0.25, 0.3) is 11.5 Å². The number of rotatable bonds is 5. The van der Waals surface area contributed by atoms with E-state index in [2.05, 4.69) is 65.5 Å². The number of benzene rings is 1. The van der Waals surface area contributed by atoms with Gasteiger partial charge in [0.2, 0.25) is 11.7 Å². The summed E-state index contributed by atoms with van der Waals surface area (Å²) >= 11 is 0. The number of hydrogen-bond acceptors (Lipinski definition) is 5. The van der Waals surface area contributed by atoms with Gasteiger partial charge >= 0.3 is 6.03 Å². The Morgan fingerprint density at radius 1 is 1.17 bits per heavy atom. The van der Waals surface area contributed by atoms with Gasteiger partial charge in [0.05, 0.1) is 6.04 Å². The SMILES string of the molecule is C[C@@H](NC(=O)N(C)Cc1nc(-c2ccccn2)no1)c1ccc(C(C)(C)C)cc1. The molecule has 0 saturated heterocycles. The first-order valence-electron chi connectivity index (χ1n) is 9.60. The van der Waals surface area contributed by atoms with Gasteiger partial charge in [-0.1, -0.05) is 56.3 Å². The summed E-state index contributed by atoms with van der Waals surface area (Å²) in [6.07, 6.45) is 1.67. The van der Waals surface area contributed by atoms with Gasteiger partial charge in [-0.05, 0) is 35.6 Å². The average molecular weight is 393 g/mol. The molecule has 3 aromatic rings. The van der Waals surface area contributed by atoms with Crippen LogP contribution >= 0.6 is 0 Å². The van der Waals surface area contributed by atoms with Crippen molar-refractivity contribution in [2.75, 3.05) is 7.05 Å². The highest BCUT2D eigenvalue weighted by molar-refractivity contribution is 5.74. The quantitative estimate of drug-likeness (QED) is 0.697. The molecule has 7 heteroatoms. The Labute approximate surface area is 171 Å². The van der Waals surface area contributed by atoms with Gasteiger partial charge in [-0.2, -0.15) is 4.98 Å². The van der Waals surface area contributed by atoms with Crippen molar-refractivity contribution in [1.29, 1.82) is 0 Å². The molecule has 1 aromatic carbocycles. The molecule has 0 saturated carbocycles. The highest BCUT2D eigenvalue weighted by atomic mass is 16.5. The fourth-order valence-corrected chi connectivity index (χ4v) is 2.84. The molecule has 2 heterocycles. The summed E-state index contributed by atoms with van der Waals surface area (Å²) in [5, 5.41) is 6.93. The fraction of sp³-hybridized carbons (Fsp3) is 0.364. The van der Waals surface area contributed by atoms with Crippen molar-refractivity contribution in [3.8, 4) is 11.5 Å². The minimum Gasteiger partial charge on any atom is -0.337 e. The molecular weight excluding hydrogens is 366 g/mol. The minimum absolute atomic E-state index is 0.101. The number of carbonyl (C=O) groups is 1. The van der Waals surface area contributed by atoms with Crippen molar-refractivity contribution < 1.29 is 9.32 Å². The van der Waals surface area contributed by atoms with Crippen LogP contribution < -0.4 is 5.32 Å². The van der Waals surface area contributed by atoms with Crippen LogP contribution in [-0.4, -0.2) is 33.1 Å². The third-order valence-electron chi connectivity index (χ3n) is 4.70. The summed E-state index contributed by atoms with van der Waals surface area (Å²) in [6.45, 7) is 8.71. The number of hydrogen-bond donors (Lipinski definition) is 1. The normalized spacial score (nSPS) is 12.4. The molecule has 2 aromatic heterocycles. The van der Waals surface area contributed by atoms with Gasteiger partial charge in [-0.3, -0.25) is 4.98 Å². The van der Waals surface area contributed by atoms with Crippen LogP contribution in [-0.2, 0) is 12.0 Å². The van der Waals surface area contributed by atoms with Crippen LogP contribution in [0.5, 0.6) is 0 Å². The zero-order valence-corrected chi connectivity index (χ0v) is 17.5. The molecule has 0 aliphatic carbocycles. The van der Waals surface area contributed by atoms with E-state index >= 15 is 0 Å². The van der Waals surface area contributed by atoms with Gasteiger partial charge < -0.3 is 14.7 Å². The summed E-state index contributed by atoms with van der Waals surface area (Å²) in [5.74, 6) is 0.757. The first kappa shape index (κ1) is 20.5. The summed E-state index contributed by atoms with van der Waals surface area (Å²) in [5.41, 5.74) is 3.04. The van der Waals surface area contributed by atoms with E-state index in [1.54, 1.807) is 19.3 Å². The molecule has 0 fully saturated rings. The predicted molar refractivity (Wildman–Crippen MR) is 111 cm³/mol. The Balaban J connectivity index is 1.58. The van der Waals surface area contributed by atoms with Crippen LogP contribution in [0, 0.1) is 0 Å². The first-order chi connectivity index (χ1) is 13.7. The van der Waals surface area contributed by atoms with Gasteiger partial charge in [0.1, 0.15) is 12.2 Å². The van der Waals surface area contributed by atoms with E-state index in [0.29, 0.717) is 17.4 Å². The number of aromatic nitrogens is 3. The highest BCUT2D eigenvalue weighted by Gasteiger charge is 2.18. The lowest BCUT2D eigenvalue weighted by Gasteiger charge is -2.22. The second-order valence-corrected chi connectivity index (χ2v) is 8.13. The van der Waals surface area contributed by atoms with E-state index in [-0.39, 0.29) is 24.0 Å². The smallest absolute Gasteiger partial charge is 0.318 e. The molecule has 2 amide bonds. The Hall–Kier alpha value is -3.22. The second kappa shape index (κ2) is 8.43. The molecule has 0 unspecified atom stereocenters. The number of carbonyl (C=O) groups excluding carboxylic acids is 1. The van der Waals surface area contributed by atoms with Gasteiger partial charge in [-0.25, -0.2) is 4.79 Å². The molecule has 0 aliphatic rings. The van der Waals surface area contributed by atoms with E-state index < -0.39 is 0 Å². The van der Waals surface area contributed by atoms with Gasteiger partial charge in [0, 0.05) is 13.2 Å². The second-order valence-electron chi connectivity index (χ2n) is 8.13. The highest BCUT2D eigenvalue weighted by Crippen LogP contribution is 2.24. The summed E-state index contributed by atoms with van der Waals surface area (Å²) < 4.78 is 5.25. The van der Waals surface area contributed by atoms with Crippen LogP contribution in [0.15, 0.2) is 53.2 Å². The van der Waals surface area contributed by atoms with E-state index in [4.69, 9.17) is 4.52 Å². The summed E-state index contributed by atoms with van der Waals surface area (Å²) in [6, 6.07) is 13.5. The zero-order chi connectivity index (χ0) is 21.0. The minimum atomic E-state index is -0.213. The van der Waals surface area contributed by atoms with Crippen molar-refractivity contribution in [1.82, 2.24) is 25.3 Å². The number of urea groups is 1. The fourth-order valence-electron chi connectivity index (χ4n) is 2.84. The molecule has 0 spiro atoms. The van der Waals surface area contributed by atoms with Gasteiger partial charge in [0.25, 0.3) is 0 Å². The topological polar surface area (TPSA) is 84.2 Å². The number of amides is 2. The Morgan fingerprint density at radius 3 is 2.52 bits per heavy atom. The molecule has 1 atom stereocenters. The number of nitrogens with zero attached hydrogens (tertiary/aromatic N) is 4. The molecule has 0 bridgehead atoms. The van der Waals surface area contributed by atoms with E-state index in [9.17, 15) is 4.79 Å². The monoisotopic (exact) mass is 393 g/mol. The largest absolute Gasteiger partial charge is 0.337 e. The predicted octanol–water partition coefficient (Wildman–Crippen LogP) is 4.33. The average Bonchev–Trinajstić information content (AvgIpc) is 3.16. The maximum atomic E-state index is 12.5. The Morgan fingerprint density at radius 2 is 1.90 bits per heavy atom.